The van der Waals surface area contributed by atoms with Crippen LogP contribution in [0.3, 0.4) is 0 Å². The smallest absolute Gasteiger partial charge is 0.223 e. The fourth-order valence-electron chi connectivity index (χ4n) is 5.11. The molecule has 7 nitrogen and oxygen atoms in total. The fourth-order valence-corrected chi connectivity index (χ4v) is 5.11. The van der Waals surface area contributed by atoms with Crippen LogP contribution in [-0.2, 0) is 13.0 Å². The third-order valence-electron chi connectivity index (χ3n) is 6.79. The van der Waals surface area contributed by atoms with Gasteiger partial charge in [0.15, 0.2) is 0 Å². The van der Waals surface area contributed by atoms with Crippen LogP contribution in [0.4, 0.5) is 10.3 Å². The Kier molecular flexibility index (Phi) is 5.64. The summed E-state index contributed by atoms with van der Waals surface area (Å²) in [5.41, 5.74) is 4.56. The van der Waals surface area contributed by atoms with Gasteiger partial charge in [-0.05, 0) is 67.3 Å². The summed E-state index contributed by atoms with van der Waals surface area (Å²) in [7, 11) is 1.69. The molecule has 2 aromatic carbocycles. The second kappa shape index (κ2) is 9.11. The van der Waals surface area contributed by atoms with Crippen LogP contribution < -0.4 is 10.1 Å². The number of halogens is 1. The fraction of sp³-hybridized carbons (Fsp3) is 0.250. The van der Waals surface area contributed by atoms with Gasteiger partial charge in [0, 0.05) is 43.5 Å². The zero-order valence-electron chi connectivity index (χ0n) is 20.3. The molecule has 1 atom stereocenters. The first-order chi connectivity index (χ1) is 17.6. The lowest BCUT2D eigenvalue weighted by Gasteiger charge is -2.19. The SMILES string of the molecule is CCNc1nccc(-c2c(-c3ccc(F)cc3)nc3n2[C@H](Cn2ccc4ccc(OC)cc42)CC3)n1. The van der Waals surface area contributed by atoms with Gasteiger partial charge in [-0.3, -0.25) is 0 Å². The standard InChI is InChI=1S/C28H27FN6O/c1-3-30-28-31-14-12-23(32-28)27-26(19-4-7-20(29)8-5-19)33-25-11-9-21(35(25)27)17-34-15-13-18-6-10-22(36-2)16-24(18)34/h4-8,10,12-16,21H,3,9,11,17H2,1-2H3,(H,30,31,32)/t21-/m0/s1. The molecular weight excluding hydrogens is 455 g/mol. The number of anilines is 1. The first kappa shape index (κ1) is 22.3. The van der Waals surface area contributed by atoms with Crippen molar-refractivity contribution in [1.82, 2.24) is 24.1 Å². The van der Waals surface area contributed by atoms with E-state index in [-0.39, 0.29) is 11.9 Å². The minimum absolute atomic E-state index is 0.191. The maximum absolute atomic E-state index is 13.7. The van der Waals surface area contributed by atoms with Crippen molar-refractivity contribution in [3.05, 3.63) is 78.6 Å². The molecule has 0 aliphatic carbocycles. The molecule has 4 heterocycles. The zero-order chi connectivity index (χ0) is 24.6. The highest BCUT2D eigenvalue weighted by atomic mass is 19.1. The van der Waals surface area contributed by atoms with E-state index in [9.17, 15) is 4.39 Å². The Morgan fingerprint density at radius 1 is 1.08 bits per heavy atom. The Morgan fingerprint density at radius 3 is 2.75 bits per heavy atom. The molecule has 0 amide bonds. The Hall–Kier alpha value is -4.20. The van der Waals surface area contributed by atoms with Crippen molar-refractivity contribution in [1.29, 1.82) is 0 Å². The molecule has 0 radical (unpaired) electrons. The van der Waals surface area contributed by atoms with Gasteiger partial charge in [0.2, 0.25) is 5.95 Å². The highest BCUT2D eigenvalue weighted by molar-refractivity contribution is 5.82. The van der Waals surface area contributed by atoms with Gasteiger partial charge in [-0.2, -0.15) is 0 Å². The monoisotopic (exact) mass is 482 g/mol. The van der Waals surface area contributed by atoms with Gasteiger partial charge >= 0.3 is 0 Å². The van der Waals surface area contributed by atoms with E-state index in [2.05, 4.69) is 43.8 Å². The normalized spacial score (nSPS) is 14.8. The predicted molar refractivity (Wildman–Crippen MR) is 139 cm³/mol. The number of aromatic nitrogens is 5. The first-order valence-corrected chi connectivity index (χ1v) is 12.2. The summed E-state index contributed by atoms with van der Waals surface area (Å²) in [6.07, 6.45) is 5.75. The number of nitrogens with one attached hydrogen (secondary N) is 1. The van der Waals surface area contributed by atoms with Crippen LogP contribution in [-0.4, -0.2) is 37.7 Å². The van der Waals surface area contributed by atoms with Gasteiger partial charge in [-0.15, -0.1) is 0 Å². The van der Waals surface area contributed by atoms with Gasteiger partial charge in [0.05, 0.1) is 35.8 Å². The van der Waals surface area contributed by atoms with Gasteiger partial charge in [0.1, 0.15) is 17.4 Å². The van der Waals surface area contributed by atoms with Crippen molar-refractivity contribution in [3.8, 4) is 28.4 Å². The van der Waals surface area contributed by atoms with Crippen molar-refractivity contribution >= 4 is 16.9 Å². The van der Waals surface area contributed by atoms with E-state index in [1.807, 2.05) is 19.1 Å². The van der Waals surface area contributed by atoms with Crippen LogP contribution in [0.15, 0.2) is 67.0 Å². The Labute approximate surface area is 208 Å². The minimum Gasteiger partial charge on any atom is -0.497 e. The maximum atomic E-state index is 13.7. The number of aryl methyl sites for hydroxylation is 1. The lowest BCUT2D eigenvalue weighted by atomic mass is 10.1. The van der Waals surface area contributed by atoms with Crippen LogP contribution >= 0.6 is 0 Å². The van der Waals surface area contributed by atoms with Crippen molar-refractivity contribution in [3.63, 3.8) is 0 Å². The molecule has 0 fully saturated rings. The van der Waals surface area contributed by atoms with E-state index < -0.39 is 0 Å². The van der Waals surface area contributed by atoms with E-state index in [0.29, 0.717) is 5.95 Å². The zero-order valence-corrected chi connectivity index (χ0v) is 20.3. The maximum Gasteiger partial charge on any atom is 0.223 e. The molecule has 5 aromatic rings. The average Bonchev–Trinajstić information content (AvgIpc) is 3.59. The van der Waals surface area contributed by atoms with Crippen molar-refractivity contribution < 1.29 is 9.13 Å². The van der Waals surface area contributed by atoms with Gasteiger partial charge in [-0.1, -0.05) is 0 Å². The van der Waals surface area contributed by atoms with E-state index in [0.717, 1.165) is 65.7 Å². The number of fused-ring (bicyclic) bond motifs is 2. The van der Waals surface area contributed by atoms with Gasteiger partial charge < -0.3 is 19.2 Å². The molecule has 1 N–H and O–H groups in total. The number of methoxy groups -OCH3 is 1. The van der Waals surface area contributed by atoms with Crippen LogP contribution in [0.2, 0.25) is 0 Å². The lowest BCUT2D eigenvalue weighted by molar-refractivity contribution is 0.414. The lowest BCUT2D eigenvalue weighted by Crippen LogP contribution is -2.14. The molecule has 0 saturated heterocycles. The Morgan fingerprint density at radius 2 is 1.94 bits per heavy atom. The minimum atomic E-state index is -0.267. The molecule has 0 spiro atoms. The summed E-state index contributed by atoms with van der Waals surface area (Å²) in [5, 5.41) is 4.38. The predicted octanol–water partition coefficient (Wildman–Crippen LogP) is 5.73. The van der Waals surface area contributed by atoms with E-state index in [1.165, 1.54) is 17.5 Å². The summed E-state index contributed by atoms with van der Waals surface area (Å²) < 4.78 is 23.8. The quantitative estimate of drug-likeness (QED) is 0.321. The van der Waals surface area contributed by atoms with E-state index in [4.69, 9.17) is 14.7 Å². The topological polar surface area (TPSA) is 69.8 Å². The van der Waals surface area contributed by atoms with Crippen LogP contribution in [0.1, 0.15) is 25.2 Å². The summed E-state index contributed by atoms with van der Waals surface area (Å²) >= 11 is 0. The molecule has 1 aliphatic heterocycles. The number of imidazole rings is 1. The van der Waals surface area contributed by atoms with E-state index in [1.54, 1.807) is 25.4 Å². The number of hydrogen-bond donors (Lipinski definition) is 1. The molecule has 36 heavy (non-hydrogen) atoms. The first-order valence-electron chi connectivity index (χ1n) is 12.2. The highest BCUT2D eigenvalue weighted by Gasteiger charge is 2.31. The van der Waals surface area contributed by atoms with Crippen molar-refractivity contribution in [2.45, 2.75) is 32.4 Å². The Balaban J connectivity index is 1.47. The summed E-state index contributed by atoms with van der Waals surface area (Å²) in [5.74, 6) is 2.17. The number of ether oxygens (including phenoxy) is 1. The average molecular weight is 483 g/mol. The van der Waals surface area contributed by atoms with Crippen LogP contribution in [0.25, 0.3) is 33.5 Å². The largest absolute Gasteiger partial charge is 0.497 e. The van der Waals surface area contributed by atoms with Gasteiger partial charge in [-0.25, -0.2) is 19.3 Å². The summed E-state index contributed by atoms with van der Waals surface area (Å²) in [4.78, 5) is 14.2. The highest BCUT2D eigenvalue weighted by Crippen LogP contribution is 2.40. The second-order valence-electron chi connectivity index (χ2n) is 8.98. The Bertz CT molecular complexity index is 1540. The molecule has 0 unspecified atom stereocenters. The molecular formula is C28H27FN6O. The molecule has 0 bridgehead atoms. The third-order valence-corrected chi connectivity index (χ3v) is 6.79. The van der Waals surface area contributed by atoms with Crippen LogP contribution in [0.5, 0.6) is 5.75 Å². The molecule has 6 rings (SSSR count). The number of hydrogen-bond acceptors (Lipinski definition) is 5. The number of nitrogens with zero attached hydrogens (tertiary/aromatic N) is 5. The van der Waals surface area contributed by atoms with E-state index >= 15 is 0 Å². The molecule has 182 valence electrons. The molecule has 3 aromatic heterocycles. The second-order valence-corrected chi connectivity index (χ2v) is 8.98. The number of benzene rings is 2. The van der Waals surface area contributed by atoms with Gasteiger partial charge in [0.25, 0.3) is 0 Å². The molecule has 8 heteroatoms. The molecule has 1 aliphatic rings. The summed E-state index contributed by atoms with van der Waals surface area (Å²) in [6, 6.07) is 16.9. The summed E-state index contributed by atoms with van der Waals surface area (Å²) in [6.45, 7) is 3.54. The number of rotatable bonds is 7. The van der Waals surface area contributed by atoms with Crippen LogP contribution in [0, 0.1) is 5.82 Å². The van der Waals surface area contributed by atoms with Crippen molar-refractivity contribution in [2.75, 3.05) is 19.0 Å². The third kappa shape index (κ3) is 3.88. The van der Waals surface area contributed by atoms with Crippen molar-refractivity contribution in [2.24, 2.45) is 0 Å². The molecule has 0 saturated carbocycles.